The molecule has 0 fully saturated rings. The van der Waals surface area contributed by atoms with Gasteiger partial charge in [0.1, 0.15) is 5.75 Å². The zero-order chi connectivity index (χ0) is 12.5. The van der Waals surface area contributed by atoms with E-state index in [9.17, 15) is 0 Å². The SMILES string of the molecule is COc1ccc(COCCOCCN)cc1Cl. The Bertz CT molecular complexity index is 334. The minimum Gasteiger partial charge on any atom is -0.495 e. The van der Waals surface area contributed by atoms with E-state index in [1.807, 2.05) is 18.2 Å². The lowest BCUT2D eigenvalue weighted by molar-refractivity contribution is 0.0433. The quantitative estimate of drug-likeness (QED) is 0.724. The van der Waals surface area contributed by atoms with Crippen LogP contribution in [0.4, 0.5) is 0 Å². The molecule has 0 unspecified atom stereocenters. The number of rotatable bonds is 8. The van der Waals surface area contributed by atoms with Crippen molar-refractivity contribution in [1.82, 2.24) is 0 Å². The molecule has 1 aromatic rings. The first-order valence-electron chi connectivity index (χ1n) is 5.46. The number of hydrogen-bond donors (Lipinski definition) is 1. The van der Waals surface area contributed by atoms with Gasteiger partial charge in [-0.2, -0.15) is 0 Å². The molecule has 0 aromatic heterocycles. The zero-order valence-corrected chi connectivity index (χ0v) is 10.7. The van der Waals surface area contributed by atoms with E-state index in [2.05, 4.69) is 0 Å². The number of nitrogens with two attached hydrogens (primary N) is 1. The monoisotopic (exact) mass is 259 g/mol. The average Bonchev–Trinajstić information content (AvgIpc) is 2.34. The molecular weight excluding hydrogens is 242 g/mol. The molecule has 2 N–H and O–H groups in total. The number of methoxy groups -OCH3 is 1. The summed E-state index contributed by atoms with van der Waals surface area (Å²) in [5, 5.41) is 0.591. The van der Waals surface area contributed by atoms with Crippen LogP contribution in [0.15, 0.2) is 18.2 Å². The first-order valence-corrected chi connectivity index (χ1v) is 5.83. The fourth-order valence-electron chi connectivity index (χ4n) is 1.29. The summed E-state index contributed by atoms with van der Waals surface area (Å²) in [6.07, 6.45) is 0. The largest absolute Gasteiger partial charge is 0.495 e. The highest BCUT2D eigenvalue weighted by Crippen LogP contribution is 2.25. The molecule has 0 saturated heterocycles. The van der Waals surface area contributed by atoms with Crippen molar-refractivity contribution in [3.05, 3.63) is 28.8 Å². The highest BCUT2D eigenvalue weighted by atomic mass is 35.5. The second kappa shape index (κ2) is 8.31. The maximum absolute atomic E-state index is 5.99. The van der Waals surface area contributed by atoms with Crippen LogP contribution >= 0.6 is 11.6 Å². The van der Waals surface area contributed by atoms with Gasteiger partial charge in [-0.1, -0.05) is 17.7 Å². The maximum Gasteiger partial charge on any atom is 0.137 e. The van der Waals surface area contributed by atoms with Crippen molar-refractivity contribution in [2.75, 3.05) is 33.5 Å². The van der Waals surface area contributed by atoms with Gasteiger partial charge >= 0.3 is 0 Å². The fourth-order valence-corrected chi connectivity index (χ4v) is 1.57. The Balaban J connectivity index is 2.25. The van der Waals surface area contributed by atoms with Gasteiger partial charge in [0.2, 0.25) is 0 Å². The highest BCUT2D eigenvalue weighted by molar-refractivity contribution is 6.32. The van der Waals surface area contributed by atoms with Crippen LogP contribution < -0.4 is 10.5 Å². The second-order valence-electron chi connectivity index (χ2n) is 3.42. The Morgan fingerprint density at radius 1 is 1.18 bits per heavy atom. The van der Waals surface area contributed by atoms with Crippen molar-refractivity contribution in [1.29, 1.82) is 0 Å². The van der Waals surface area contributed by atoms with E-state index < -0.39 is 0 Å². The summed E-state index contributed by atoms with van der Waals surface area (Å²) in [7, 11) is 1.59. The maximum atomic E-state index is 5.99. The summed E-state index contributed by atoms with van der Waals surface area (Å²) in [5.41, 5.74) is 6.29. The zero-order valence-electron chi connectivity index (χ0n) is 9.95. The van der Waals surface area contributed by atoms with Crippen LogP contribution in [0.5, 0.6) is 5.75 Å². The lowest BCUT2D eigenvalue weighted by atomic mass is 10.2. The summed E-state index contributed by atoms with van der Waals surface area (Å²) >= 11 is 5.99. The fraction of sp³-hybridized carbons (Fsp3) is 0.500. The van der Waals surface area contributed by atoms with Gasteiger partial charge in [-0.15, -0.1) is 0 Å². The van der Waals surface area contributed by atoms with E-state index in [1.54, 1.807) is 7.11 Å². The molecule has 0 aliphatic heterocycles. The van der Waals surface area contributed by atoms with E-state index in [0.717, 1.165) is 5.56 Å². The third kappa shape index (κ3) is 5.37. The molecule has 96 valence electrons. The van der Waals surface area contributed by atoms with Gasteiger partial charge in [0.15, 0.2) is 0 Å². The Kier molecular flexibility index (Phi) is 6.96. The number of halogens is 1. The van der Waals surface area contributed by atoms with Crippen LogP contribution in [0, 0.1) is 0 Å². The molecular formula is C12H18ClNO3. The Morgan fingerprint density at radius 2 is 1.94 bits per heavy atom. The molecule has 0 atom stereocenters. The van der Waals surface area contributed by atoms with Crippen LogP contribution in [-0.4, -0.2) is 33.5 Å². The molecule has 17 heavy (non-hydrogen) atoms. The minimum absolute atomic E-state index is 0.510. The van der Waals surface area contributed by atoms with E-state index in [0.29, 0.717) is 43.7 Å². The van der Waals surface area contributed by atoms with Crippen molar-refractivity contribution in [3.63, 3.8) is 0 Å². The van der Waals surface area contributed by atoms with Gasteiger partial charge in [0, 0.05) is 6.54 Å². The van der Waals surface area contributed by atoms with Gasteiger partial charge in [0.05, 0.1) is 38.6 Å². The normalized spacial score (nSPS) is 10.5. The average molecular weight is 260 g/mol. The number of ether oxygens (including phenoxy) is 3. The molecule has 5 heteroatoms. The van der Waals surface area contributed by atoms with Crippen molar-refractivity contribution >= 4 is 11.6 Å². The van der Waals surface area contributed by atoms with Crippen molar-refractivity contribution in [2.45, 2.75) is 6.61 Å². The van der Waals surface area contributed by atoms with Crippen LogP contribution in [0.2, 0.25) is 5.02 Å². The van der Waals surface area contributed by atoms with Crippen LogP contribution in [0.25, 0.3) is 0 Å². The second-order valence-corrected chi connectivity index (χ2v) is 3.83. The van der Waals surface area contributed by atoms with Crippen molar-refractivity contribution in [3.8, 4) is 5.75 Å². The summed E-state index contributed by atoms with van der Waals surface area (Å²) in [6.45, 7) is 2.71. The predicted octanol–water partition coefficient (Wildman–Crippen LogP) is 1.84. The molecule has 0 heterocycles. The molecule has 0 aliphatic rings. The molecule has 0 aliphatic carbocycles. The molecule has 1 rings (SSSR count). The number of benzene rings is 1. The molecule has 0 saturated carbocycles. The molecule has 4 nitrogen and oxygen atoms in total. The highest BCUT2D eigenvalue weighted by Gasteiger charge is 2.01. The van der Waals surface area contributed by atoms with Gasteiger partial charge in [-0.05, 0) is 17.7 Å². The van der Waals surface area contributed by atoms with Gasteiger partial charge in [0.25, 0.3) is 0 Å². The molecule has 0 radical (unpaired) electrons. The standard InChI is InChI=1S/C12H18ClNO3/c1-15-12-3-2-10(8-11(12)13)9-17-7-6-16-5-4-14/h2-3,8H,4-7,9,14H2,1H3. The van der Waals surface area contributed by atoms with Crippen molar-refractivity contribution in [2.24, 2.45) is 5.73 Å². The summed E-state index contributed by atoms with van der Waals surface area (Å²) in [6, 6.07) is 5.58. The third-order valence-electron chi connectivity index (χ3n) is 2.12. The molecule has 0 amide bonds. The smallest absolute Gasteiger partial charge is 0.137 e. The van der Waals surface area contributed by atoms with Crippen LogP contribution in [-0.2, 0) is 16.1 Å². The lowest BCUT2D eigenvalue weighted by Gasteiger charge is -2.07. The van der Waals surface area contributed by atoms with Gasteiger partial charge in [-0.3, -0.25) is 0 Å². The third-order valence-corrected chi connectivity index (χ3v) is 2.41. The molecule has 0 bridgehead atoms. The lowest BCUT2D eigenvalue weighted by Crippen LogP contribution is -2.11. The predicted molar refractivity (Wildman–Crippen MR) is 67.5 cm³/mol. The van der Waals surface area contributed by atoms with E-state index in [-0.39, 0.29) is 0 Å². The first kappa shape index (κ1) is 14.3. The Morgan fingerprint density at radius 3 is 2.59 bits per heavy atom. The first-order chi connectivity index (χ1) is 8.27. The van der Waals surface area contributed by atoms with Crippen LogP contribution in [0.3, 0.4) is 0 Å². The van der Waals surface area contributed by atoms with Gasteiger partial charge in [-0.25, -0.2) is 0 Å². The van der Waals surface area contributed by atoms with Crippen LogP contribution in [0.1, 0.15) is 5.56 Å². The number of hydrogen-bond acceptors (Lipinski definition) is 4. The van der Waals surface area contributed by atoms with Crippen molar-refractivity contribution < 1.29 is 14.2 Å². The Labute approximate surface area is 107 Å². The van der Waals surface area contributed by atoms with Gasteiger partial charge < -0.3 is 19.9 Å². The summed E-state index contributed by atoms with van der Waals surface area (Å²) in [4.78, 5) is 0. The minimum atomic E-state index is 0.510. The topological polar surface area (TPSA) is 53.7 Å². The van der Waals surface area contributed by atoms with E-state index in [4.69, 9.17) is 31.5 Å². The summed E-state index contributed by atoms with van der Waals surface area (Å²) in [5.74, 6) is 0.668. The van der Waals surface area contributed by atoms with E-state index in [1.165, 1.54) is 0 Å². The molecule has 1 aromatic carbocycles. The summed E-state index contributed by atoms with van der Waals surface area (Å²) < 4.78 is 15.7. The van der Waals surface area contributed by atoms with E-state index >= 15 is 0 Å². The Hall–Kier alpha value is -0.810. The molecule has 0 spiro atoms.